The lowest BCUT2D eigenvalue weighted by Crippen LogP contribution is -2.17. The Morgan fingerprint density at radius 2 is 2.24 bits per heavy atom. The van der Waals surface area contributed by atoms with Crippen molar-refractivity contribution in [2.45, 2.75) is 13.8 Å². The van der Waals surface area contributed by atoms with Gasteiger partial charge >= 0.3 is 5.97 Å². The zero-order valence-corrected chi connectivity index (χ0v) is 11.8. The number of nitrogens with one attached hydrogen (secondary N) is 1. The van der Waals surface area contributed by atoms with Gasteiger partial charge in [-0.25, -0.2) is 4.98 Å². The Kier molecular flexibility index (Phi) is 4.32. The van der Waals surface area contributed by atoms with Crippen LogP contribution in [0.3, 0.4) is 0 Å². The molecule has 1 aromatic carbocycles. The van der Waals surface area contributed by atoms with Crippen molar-refractivity contribution >= 4 is 28.2 Å². The van der Waals surface area contributed by atoms with Crippen LogP contribution in [0.1, 0.15) is 12.5 Å². The largest absolute Gasteiger partial charge is 0.465 e. The maximum atomic E-state index is 11.4. The number of ether oxygens (including phenoxy) is 1. The van der Waals surface area contributed by atoms with Gasteiger partial charge in [0.25, 0.3) is 5.69 Å². The molecule has 7 heteroatoms. The molecule has 1 N–H and O–H groups in total. The monoisotopic (exact) mass is 289 g/mol. The number of pyridine rings is 1. The van der Waals surface area contributed by atoms with E-state index in [1.165, 1.54) is 6.07 Å². The number of hydrogen-bond acceptors (Lipinski definition) is 6. The second-order valence-electron chi connectivity index (χ2n) is 4.41. The molecule has 2 rings (SSSR count). The smallest absolute Gasteiger partial charge is 0.325 e. The molecular formula is C14H15N3O4. The summed E-state index contributed by atoms with van der Waals surface area (Å²) >= 11 is 0. The van der Waals surface area contributed by atoms with Crippen molar-refractivity contribution in [3.8, 4) is 0 Å². The topological polar surface area (TPSA) is 94.4 Å². The van der Waals surface area contributed by atoms with Crippen LogP contribution in [0.25, 0.3) is 10.8 Å². The van der Waals surface area contributed by atoms with Crippen LogP contribution >= 0.6 is 0 Å². The van der Waals surface area contributed by atoms with Crippen LogP contribution in [0.5, 0.6) is 0 Å². The Bertz CT molecular complexity index is 700. The lowest BCUT2D eigenvalue weighted by molar-refractivity contribution is -0.383. The van der Waals surface area contributed by atoms with Gasteiger partial charge in [0.05, 0.1) is 16.9 Å². The summed E-state index contributed by atoms with van der Waals surface area (Å²) in [4.78, 5) is 26.3. The highest BCUT2D eigenvalue weighted by Crippen LogP contribution is 2.31. The minimum absolute atomic E-state index is 0.0200. The number of aromatic nitrogens is 1. The number of esters is 1. The number of anilines is 1. The van der Waals surface area contributed by atoms with E-state index in [4.69, 9.17) is 4.74 Å². The standard InChI is InChI=1S/C14H15N3O4/c1-3-21-12(18)8-16-14-10-5-4-6-11(17(19)20)13(10)9(2)7-15-14/h4-7H,3,8H2,1-2H3,(H,15,16). The van der Waals surface area contributed by atoms with Crippen molar-refractivity contribution in [3.05, 3.63) is 40.1 Å². The summed E-state index contributed by atoms with van der Waals surface area (Å²) in [6.45, 7) is 3.74. The lowest BCUT2D eigenvalue weighted by atomic mass is 10.1. The Morgan fingerprint density at radius 3 is 2.90 bits per heavy atom. The molecule has 0 fully saturated rings. The fourth-order valence-corrected chi connectivity index (χ4v) is 2.11. The first kappa shape index (κ1) is 14.7. The molecule has 2 aromatic rings. The van der Waals surface area contributed by atoms with E-state index >= 15 is 0 Å². The van der Waals surface area contributed by atoms with Crippen LogP contribution in [0.4, 0.5) is 11.5 Å². The number of fused-ring (bicyclic) bond motifs is 1. The number of rotatable bonds is 5. The molecule has 0 aliphatic rings. The van der Waals surface area contributed by atoms with Crippen molar-refractivity contribution < 1.29 is 14.5 Å². The molecule has 0 bridgehead atoms. The summed E-state index contributed by atoms with van der Waals surface area (Å²) < 4.78 is 4.82. The van der Waals surface area contributed by atoms with Gasteiger partial charge in [0.1, 0.15) is 12.4 Å². The van der Waals surface area contributed by atoms with Crippen molar-refractivity contribution in [2.75, 3.05) is 18.5 Å². The van der Waals surface area contributed by atoms with Gasteiger partial charge in [-0.05, 0) is 19.4 Å². The van der Waals surface area contributed by atoms with Gasteiger partial charge in [-0.3, -0.25) is 14.9 Å². The predicted molar refractivity (Wildman–Crippen MR) is 78.3 cm³/mol. The minimum atomic E-state index is -0.426. The van der Waals surface area contributed by atoms with E-state index in [9.17, 15) is 14.9 Å². The first-order chi connectivity index (χ1) is 10.0. The number of benzene rings is 1. The zero-order chi connectivity index (χ0) is 15.4. The molecule has 0 saturated carbocycles. The molecule has 21 heavy (non-hydrogen) atoms. The molecule has 0 atom stereocenters. The number of nitrogens with zero attached hydrogens (tertiary/aromatic N) is 2. The first-order valence-electron chi connectivity index (χ1n) is 6.46. The van der Waals surface area contributed by atoms with Gasteiger partial charge < -0.3 is 10.1 Å². The van der Waals surface area contributed by atoms with E-state index < -0.39 is 10.9 Å². The quantitative estimate of drug-likeness (QED) is 0.516. The van der Waals surface area contributed by atoms with Gasteiger partial charge in [0.2, 0.25) is 0 Å². The van der Waals surface area contributed by atoms with E-state index in [1.807, 2.05) is 0 Å². The summed E-state index contributed by atoms with van der Waals surface area (Å²) in [5.41, 5.74) is 0.727. The molecule has 0 aliphatic carbocycles. The zero-order valence-electron chi connectivity index (χ0n) is 11.8. The summed E-state index contributed by atoms with van der Waals surface area (Å²) in [7, 11) is 0. The number of carbonyl (C=O) groups excluding carboxylic acids is 1. The van der Waals surface area contributed by atoms with E-state index in [1.54, 1.807) is 32.2 Å². The summed E-state index contributed by atoms with van der Waals surface area (Å²) in [5, 5.41) is 15.1. The second kappa shape index (κ2) is 6.17. The Hall–Kier alpha value is -2.70. The van der Waals surface area contributed by atoms with Crippen LogP contribution < -0.4 is 5.32 Å². The third-order valence-corrected chi connectivity index (χ3v) is 2.98. The molecule has 0 spiro atoms. The molecule has 0 aliphatic heterocycles. The van der Waals surface area contributed by atoms with Crippen molar-refractivity contribution in [1.29, 1.82) is 0 Å². The Morgan fingerprint density at radius 1 is 1.48 bits per heavy atom. The van der Waals surface area contributed by atoms with Gasteiger partial charge in [0.15, 0.2) is 0 Å². The normalized spacial score (nSPS) is 10.4. The highest BCUT2D eigenvalue weighted by molar-refractivity contribution is 6.00. The van der Waals surface area contributed by atoms with Gasteiger partial charge in [0, 0.05) is 17.6 Å². The fraction of sp³-hybridized carbons (Fsp3) is 0.286. The molecular weight excluding hydrogens is 274 g/mol. The van der Waals surface area contributed by atoms with Crippen LogP contribution in [0.2, 0.25) is 0 Å². The molecule has 7 nitrogen and oxygen atoms in total. The SMILES string of the molecule is CCOC(=O)CNc1ncc(C)c2c([N+](=O)[O-])cccc12. The predicted octanol–water partition coefficient (Wildman–Crippen LogP) is 2.43. The minimum Gasteiger partial charge on any atom is -0.465 e. The van der Waals surface area contributed by atoms with E-state index in [0.717, 1.165) is 0 Å². The fourth-order valence-electron chi connectivity index (χ4n) is 2.11. The molecule has 1 aromatic heterocycles. The Labute approximate surface area is 121 Å². The van der Waals surface area contributed by atoms with Crippen LogP contribution in [0.15, 0.2) is 24.4 Å². The third-order valence-electron chi connectivity index (χ3n) is 2.98. The van der Waals surface area contributed by atoms with E-state index in [-0.39, 0.29) is 12.2 Å². The maximum absolute atomic E-state index is 11.4. The van der Waals surface area contributed by atoms with Crippen LogP contribution in [-0.2, 0) is 9.53 Å². The maximum Gasteiger partial charge on any atom is 0.325 e. The summed E-state index contributed by atoms with van der Waals surface area (Å²) in [6, 6.07) is 4.78. The number of nitro benzene ring substituents is 1. The van der Waals surface area contributed by atoms with Crippen LogP contribution in [0, 0.1) is 17.0 Å². The number of hydrogen-bond donors (Lipinski definition) is 1. The molecule has 1 heterocycles. The molecule has 110 valence electrons. The molecule has 0 unspecified atom stereocenters. The van der Waals surface area contributed by atoms with Crippen LogP contribution in [-0.4, -0.2) is 29.0 Å². The Balaban J connectivity index is 2.42. The summed E-state index contributed by atoms with van der Waals surface area (Å²) in [6.07, 6.45) is 1.54. The number of non-ortho nitro benzene ring substituents is 1. The lowest BCUT2D eigenvalue weighted by Gasteiger charge is -2.10. The third kappa shape index (κ3) is 3.07. The van der Waals surface area contributed by atoms with Gasteiger partial charge in [-0.1, -0.05) is 12.1 Å². The number of carbonyl (C=O) groups is 1. The molecule has 0 radical (unpaired) electrons. The first-order valence-corrected chi connectivity index (χ1v) is 6.46. The van der Waals surface area contributed by atoms with E-state index in [2.05, 4.69) is 10.3 Å². The highest BCUT2D eigenvalue weighted by atomic mass is 16.6. The summed E-state index contributed by atoms with van der Waals surface area (Å²) in [5.74, 6) is 0.0193. The molecule has 0 amide bonds. The highest BCUT2D eigenvalue weighted by Gasteiger charge is 2.16. The van der Waals surface area contributed by atoms with Gasteiger partial charge in [-0.15, -0.1) is 0 Å². The second-order valence-corrected chi connectivity index (χ2v) is 4.41. The number of nitro groups is 1. The molecule has 0 saturated heterocycles. The average molecular weight is 289 g/mol. The van der Waals surface area contributed by atoms with E-state index in [0.29, 0.717) is 28.8 Å². The average Bonchev–Trinajstić information content (AvgIpc) is 2.46. The van der Waals surface area contributed by atoms with Crippen molar-refractivity contribution in [1.82, 2.24) is 4.98 Å². The van der Waals surface area contributed by atoms with Crippen molar-refractivity contribution in [3.63, 3.8) is 0 Å². The number of aryl methyl sites for hydroxylation is 1. The van der Waals surface area contributed by atoms with Gasteiger partial charge in [-0.2, -0.15) is 0 Å². The van der Waals surface area contributed by atoms with Crippen molar-refractivity contribution in [2.24, 2.45) is 0 Å².